The van der Waals surface area contributed by atoms with Crippen LogP contribution in [0.1, 0.15) is 41.6 Å². The highest BCUT2D eigenvalue weighted by atomic mass is 16.5. The first-order valence-corrected chi connectivity index (χ1v) is 8.66. The number of nitrogens with zero attached hydrogens (tertiary/aromatic N) is 1. The lowest BCUT2D eigenvalue weighted by Crippen LogP contribution is -2.23. The van der Waals surface area contributed by atoms with Crippen LogP contribution in [0.15, 0.2) is 42.6 Å². The molecular formula is C19H22N4O3. The highest BCUT2D eigenvalue weighted by molar-refractivity contribution is 5.96. The Kier molecular flexibility index (Phi) is 5.68. The predicted molar refractivity (Wildman–Crippen MR) is 97.9 cm³/mol. The summed E-state index contributed by atoms with van der Waals surface area (Å²) in [6.45, 7) is 0.350. The number of nitrogens with one attached hydrogen (secondary N) is 2. The van der Waals surface area contributed by atoms with E-state index in [4.69, 9.17) is 10.5 Å². The minimum atomic E-state index is -0.673. The first-order valence-electron chi connectivity index (χ1n) is 8.66. The van der Waals surface area contributed by atoms with Gasteiger partial charge in [0.15, 0.2) is 0 Å². The lowest BCUT2D eigenvalue weighted by atomic mass is 10.2. The Bertz CT molecular complexity index is 771. The summed E-state index contributed by atoms with van der Waals surface area (Å²) in [5, 5.41) is 5.27. The number of amides is 3. The van der Waals surface area contributed by atoms with Crippen molar-refractivity contribution >= 4 is 17.6 Å². The quantitative estimate of drug-likeness (QED) is 0.741. The Morgan fingerprint density at radius 1 is 1.19 bits per heavy atom. The first kappa shape index (κ1) is 17.7. The number of rotatable bonds is 6. The molecule has 1 saturated carbocycles. The smallest absolute Gasteiger partial charge is 0.316 e. The summed E-state index contributed by atoms with van der Waals surface area (Å²) in [7, 11) is 0. The second-order valence-corrected chi connectivity index (χ2v) is 6.28. The van der Waals surface area contributed by atoms with Crippen molar-refractivity contribution in [1.29, 1.82) is 0 Å². The summed E-state index contributed by atoms with van der Waals surface area (Å²) in [4.78, 5) is 27.4. The van der Waals surface area contributed by atoms with Crippen LogP contribution in [0.4, 0.5) is 10.5 Å². The summed E-state index contributed by atoms with van der Waals surface area (Å²) in [6.07, 6.45) is 6.58. The lowest BCUT2D eigenvalue weighted by Gasteiger charge is -2.12. The van der Waals surface area contributed by atoms with Crippen LogP contribution in [0.3, 0.4) is 0 Å². The van der Waals surface area contributed by atoms with Crippen molar-refractivity contribution < 1.29 is 14.3 Å². The van der Waals surface area contributed by atoms with Gasteiger partial charge in [-0.1, -0.05) is 12.1 Å². The summed E-state index contributed by atoms with van der Waals surface area (Å²) in [5.41, 5.74) is 6.87. The minimum Gasteiger partial charge on any atom is -0.474 e. The van der Waals surface area contributed by atoms with Crippen molar-refractivity contribution in [2.24, 2.45) is 5.73 Å². The normalized spacial score (nSPS) is 14.0. The number of primary amides is 1. The number of carbonyl (C=O) groups is 2. The third kappa shape index (κ3) is 4.95. The maximum atomic E-state index is 12.3. The first-order chi connectivity index (χ1) is 12.6. The van der Waals surface area contributed by atoms with Crippen molar-refractivity contribution in [1.82, 2.24) is 10.3 Å². The molecule has 0 spiro atoms. The van der Waals surface area contributed by atoms with Crippen LogP contribution in [0.2, 0.25) is 0 Å². The molecule has 26 heavy (non-hydrogen) atoms. The summed E-state index contributed by atoms with van der Waals surface area (Å²) in [5.74, 6) is 0.376. The molecular weight excluding hydrogens is 332 g/mol. The van der Waals surface area contributed by atoms with E-state index in [0.717, 1.165) is 18.4 Å². The zero-order chi connectivity index (χ0) is 18.4. The molecule has 1 aliphatic carbocycles. The fourth-order valence-corrected chi connectivity index (χ4v) is 2.93. The minimum absolute atomic E-state index is 0.246. The number of anilines is 1. The van der Waals surface area contributed by atoms with Gasteiger partial charge in [0.25, 0.3) is 5.91 Å². The average molecular weight is 354 g/mol. The van der Waals surface area contributed by atoms with E-state index in [1.165, 1.54) is 12.8 Å². The Labute approximate surface area is 151 Å². The maximum Gasteiger partial charge on any atom is 0.316 e. The molecule has 0 aliphatic heterocycles. The second kappa shape index (κ2) is 8.33. The molecule has 0 radical (unpaired) electrons. The fourth-order valence-electron chi connectivity index (χ4n) is 2.93. The summed E-state index contributed by atoms with van der Waals surface area (Å²) in [6, 6.07) is 9.62. The van der Waals surface area contributed by atoms with Crippen LogP contribution < -0.4 is 21.1 Å². The molecule has 0 atom stereocenters. The van der Waals surface area contributed by atoms with Crippen molar-refractivity contribution in [2.75, 3.05) is 5.32 Å². The third-order valence-corrected chi connectivity index (χ3v) is 4.23. The molecule has 1 heterocycles. The van der Waals surface area contributed by atoms with Crippen LogP contribution in [-0.2, 0) is 6.54 Å². The Morgan fingerprint density at radius 3 is 2.69 bits per heavy atom. The Balaban J connectivity index is 1.53. The molecule has 2 aromatic rings. The molecule has 7 heteroatoms. The SMILES string of the molecule is NC(=O)Nc1cccc(C(=O)NCc2ccc(OC3CCCC3)nc2)c1. The molecule has 1 aromatic carbocycles. The molecule has 7 nitrogen and oxygen atoms in total. The summed E-state index contributed by atoms with van der Waals surface area (Å²) < 4.78 is 5.83. The van der Waals surface area contributed by atoms with Gasteiger partial charge in [0.1, 0.15) is 6.10 Å². The van der Waals surface area contributed by atoms with Gasteiger partial charge >= 0.3 is 6.03 Å². The van der Waals surface area contributed by atoms with Gasteiger partial charge in [-0.25, -0.2) is 9.78 Å². The third-order valence-electron chi connectivity index (χ3n) is 4.23. The van der Waals surface area contributed by atoms with Crippen LogP contribution in [-0.4, -0.2) is 23.0 Å². The van der Waals surface area contributed by atoms with Crippen LogP contribution in [0, 0.1) is 0 Å². The molecule has 1 fully saturated rings. The molecule has 136 valence electrons. The Morgan fingerprint density at radius 2 is 2.00 bits per heavy atom. The van der Waals surface area contributed by atoms with E-state index in [1.807, 2.05) is 12.1 Å². The second-order valence-electron chi connectivity index (χ2n) is 6.28. The molecule has 4 N–H and O–H groups in total. The zero-order valence-corrected chi connectivity index (χ0v) is 14.4. The van der Waals surface area contributed by atoms with E-state index in [2.05, 4.69) is 15.6 Å². The lowest BCUT2D eigenvalue weighted by molar-refractivity contribution is 0.0951. The summed E-state index contributed by atoms with van der Waals surface area (Å²) >= 11 is 0. The monoisotopic (exact) mass is 354 g/mol. The van der Waals surface area contributed by atoms with Gasteiger partial charge in [-0.3, -0.25) is 4.79 Å². The number of nitrogens with two attached hydrogens (primary N) is 1. The number of hydrogen-bond acceptors (Lipinski definition) is 4. The number of benzene rings is 1. The van der Waals surface area contributed by atoms with E-state index in [1.54, 1.807) is 30.5 Å². The largest absolute Gasteiger partial charge is 0.474 e. The van der Waals surface area contributed by atoms with Gasteiger partial charge < -0.3 is 21.1 Å². The highest BCUT2D eigenvalue weighted by Gasteiger charge is 2.16. The average Bonchev–Trinajstić information content (AvgIpc) is 3.13. The van der Waals surface area contributed by atoms with Crippen LogP contribution >= 0.6 is 0 Å². The molecule has 3 amide bonds. The number of ether oxygens (including phenoxy) is 1. The van der Waals surface area contributed by atoms with Crippen molar-refractivity contribution in [3.05, 3.63) is 53.7 Å². The number of urea groups is 1. The van der Waals surface area contributed by atoms with Crippen LogP contribution in [0.25, 0.3) is 0 Å². The van der Waals surface area contributed by atoms with E-state index in [0.29, 0.717) is 23.7 Å². The number of aromatic nitrogens is 1. The van der Waals surface area contributed by atoms with Crippen LogP contribution in [0.5, 0.6) is 5.88 Å². The molecule has 3 rings (SSSR count). The highest BCUT2D eigenvalue weighted by Crippen LogP contribution is 2.22. The predicted octanol–water partition coefficient (Wildman–Crippen LogP) is 2.82. The molecule has 0 bridgehead atoms. The van der Waals surface area contributed by atoms with E-state index in [9.17, 15) is 9.59 Å². The number of pyridine rings is 1. The Hall–Kier alpha value is -3.09. The fraction of sp³-hybridized carbons (Fsp3) is 0.316. The topological polar surface area (TPSA) is 106 Å². The van der Waals surface area contributed by atoms with Gasteiger partial charge in [0.2, 0.25) is 5.88 Å². The standard InChI is InChI=1S/C19H22N4O3/c20-19(25)23-15-5-3-4-14(10-15)18(24)22-12-13-8-9-17(21-11-13)26-16-6-1-2-7-16/h3-5,8-11,16H,1-2,6-7,12H2,(H,22,24)(H3,20,23,25). The van der Waals surface area contributed by atoms with Gasteiger partial charge in [-0.15, -0.1) is 0 Å². The molecule has 0 saturated heterocycles. The van der Waals surface area contributed by atoms with Crippen molar-refractivity contribution in [2.45, 2.75) is 38.3 Å². The van der Waals surface area contributed by atoms with Crippen molar-refractivity contribution in [3.8, 4) is 5.88 Å². The zero-order valence-electron chi connectivity index (χ0n) is 14.4. The molecule has 1 aliphatic rings. The molecule has 1 aromatic heterocycles. The van der Waals surface area contributed by atoms with Gasteiger partial charge in [0, 0.05) is 30.1 Å². The van der Waals surface area contributed by atoms with Gasteiger partial charge in [0.05, 0.1) is 0 Å². The van der Waals surface area contributed by atoms with E-state index >= 15 is 0 Å². The van der Waals surface area contributed by atoms with E-state index in [-0.39, 0.29) is 12.0 Å². The van der Waals surface area contributed by atoms with Crippen molar-refractivity contribution in [3.63, 3.8) is 0 Å². The van der Waals surface area contributed by atoms with Gasteiger partial charge in [-0.2, -0.15) is 0 Å². The molecule has 0 unspecified atom stereocenters. The number of hydrogen-bond donors (Lipinski definition) is 3. The number of carbonyl (C=O) groups excluding carboxylic acids is 2. The van der Waals surface area contributed by atoms with E-state index < -0.39 is 6.03 Å². The maximum absolute atomic E-state index is 12.3. The van der Waals surface area contributed by atoms with Gasteiger partial charge in [-0.05, 0) is 49.4 Å².